The number of aliphatic imine (C=N–C) groups is 1. The van der Waals surface area contributed by atoms with Crippen LogP contribution < -0.4 is 14.2 Å². The van der Waals surface area contributed by atoms with Crippen LogP contribution in [0.3, 0.4) is 0 Å². The molecule has 9 heteroatoms. The van der Waals surface area contributed by atoms with Crippen molar-refractivity contribution < 1.29 is 23.7 Å². The molecule has 0 saturated carbocycles. The first-order valence-electron chi connectivity index (χ1n) is 10.0. The van der Waals surface area contributed by atoms with Crippen molar-refractivity contribution in [1.29, 1.82) is 0 Å². The van der Waals surface area contributed by atoms with Gasteiger partial charge in [0, 0.05) is 7.11 Å². The minimum atomic E-state index is -0.133. The van der Waals surface area contributed by atoms with Crippen LogP contribution in [0.15, 0.2) is 63.4 Å². The number of amides is 1. The third-order valence-corrected chi connectivity index (χ3v) is 6.19. The summed E-state index contributed by atoms with van der Waals surface area (Å²) < 4.78 is 22.3. The van der Waals surface area contributed by atoms with Crippen LogP contribution in [0.1, 0.15) is 5.56 Å². The van der Waals surface area contributed by atoms with Crippen LogP contribution in [-0.4, -0.2) is 57.1 Å². The summed E-state index contributed by atoms with van der Waals surface area (Å²) in [7, 11) is 4.78. The van der Waals surface area contributed by atoms with Gasteiger partial charge in [0.2, 0.25) is 0 Å². The van der Waals surface area contributed by atoms with E-state index in [-0.39, 0.29) is 5.91 Å². The second-order valence-corrected chi connectivity index (χ2v) is 8.65. The lowest BCUT2D eigenvalue weighted by atomic mass is 10.2. The molecule has 2 aromatic carbocycles. The quantitative estimate of drug-likeness (QED) is 0.306. The molecule has 1 saturated heterocycles. The summed E-state index contributed by atoms with van der Waals surface area (Å²) in [6.45, 7) is 4.82. The number of hydrogen-bond acceptors (Lipinski definition) is 7. The molecule has 1 fully saturated rings. The molecule has 174 valence electrons. The number of carbonyl (C=O) groups is 1. The van der Waals surface area contributed by atoms with E-state index >= 15 is 0 Å². The standard InChI is InChI=1S/C24H25BrN2O5S/c1-5-11-32-22-19(25)13-16(14-20(22)31-4)15-21-23(28)27(10-12-29-2)24(33-21)26-17-6-8-18(30-3)9-7-17/h5-9,13-15H,1,10-12H2,2-4H3/b21-15-,26-24?. The Balaban J connectivity index is 1.94. The Morgan fingerprint density at radius 2 is 1.91 bits per heavy atom. The Hall–Kier alpha value is -2.75. The maximum Gasteiger partial charge on any atom is 0.266 e. The van der Waals surface area contributed by atoms with E-state index in [1.807, 2.05) is 42.5 Å². The molecule has 3 rings (SSSR count). The van der Waals surface area contributed by atoms with E-state index < -0.39 is 0 Å². The van der Waals surface area contributed by atoms with E-state index in [0.717, 1.165) is 17.0 Å². The van der Waals surface area contributed by atoms with E-state index in [1.165, 1.54) is 11.8 Å². The second kappa shape index (κ2) is 11.9. The highest BCUT2D eigenvalue weighted by atomic mass is 79.9. The Kier molecular flexibility index (Phi) is 8.99. The molecular formula is C24H25BrN2O5S. The van der Waals surface area contributed by atoms with Gasteiger partial charge in [0.1, 0.15) is 12.4 Å². The number of ether oxygens (including phenoxy) is 4. The van der Waals surface area contributed by atoms with Crippen molar-refractivity contribution in [2.24, 2.45) is 4.99 Å². The summed E-state index contributed by atoms with van der Waals surface area (Å²) >= 11 is 4.84. The van der Waals surface area contributed by atoms with Crippen LogP contribution in [0.4, 0.5) is 5.69 Å². The number of halogens is 1. The minimum Gasteiger partial charge on any atom is -0.497 e. The van der Waals surface area contributed by atoms with Gasteiger partial charge in [-0.3, -0.25) is 9.69 Å². The van der Waals surface area contributed by atoms with E-state index in [4.69, 9.17) is 18.9 Å². The van der Waals surface area contributed by atoms with Crippen LogP contribution in [0.25, 0.3) is 6.08 Å². The predicted octanol–water partition coefficient (Wildman–Crippen LogP) is 5.28. The van der Waals surface area contributed by atoms with Crippen molar-refractivity contribution in [2.75, 3.05) is 41.1 Å². The van der Waals surface area contributed by atoms with Crippen molar-refractivity contribution in [2.45, 2.75) is 0 Å². The molecule has 0 atom stereocenters. The van der Waals surface area contributed by atoms with Gasteiger partial charge < -0.3 is 18.9 Å². The summed E-state index contributed by atoms with van der Waals surface area (Å²) in [6.07, 6.45) is 3.47. The average molecular weight is 533 g/mol. The number of rotatable bonds is 10. The molecule has 2 aromatic rings. The molecule has 0 aromatic heterocycles. The lowest BCUT2D eigenvalue weighted by molar-refractivity contribution is -0.122. The molecule has 33 heavy (non-hydrogen) atoms. The van der Waals surface area contributed by atoms with Crippen molar-refractivity contribution in [3.05, 3.63) is 64.0 Å². The summed E-state index contributed by atoms with van der Waals surface area (Å²) in [5, 5.41) is 0.588. The number of amidine groups is 1. The fraction of sp³-hybridized carbons (Fsp3) is 0.250. The highest BCUT2D eigenvalue weighted by molar-refractivity contribution is 9.10. The second-order valence-electron chi connectivity index (χ2n) is 6.79. The van der Waals surface area contributed by atoms with Crippen LogP contribution in [-0.2, 0) is 9.53 Å². The van der Waals surface area contributed by atoms with Gasteiger partial charge in [-0.15, -0.1) is 0 Å². The number of carbonyl (C=O) groups excluding carboxylic acids is 1. The lowest BCUT2D eigenvalue weighted by Crippen LogP contribution is -2.32. The SMILES string of the molecule is C=CCOc1c(Br)cc(/C=C2\SC(=Nc3ccc(OC)cc3)N(CCOC)C2=O)cc1OC. The van der Waals surface area contributed by atoms with E-state index in [0.29, 0.717) is 45.8 Å². The highest BCUT2D eigenvalue weighted by Crippen LogP contribution is 2.39. The summed E-state index contributed by atoms with van der Waals surface area (Å²) in [5.74, 6) is 1.74. The first kappa shape index (κ1) is 24.9. The van der Waals surface area contributed by atoms with E-state index in [1.54, 1.807) is 32.3 Å². The zero-order valence-electron chi connectivity index (χ0n) is 18.7. The Morgan fingerprint density at radius 1 is 1.15 bits per heavy atom. The maximum absolute atomic E-state index is 13.2. The molecule has 0 spiro atoms. The largest absolute Gasteiger partial charge is 0.497 e. The normalized spacial score (nSPS) is 15.9. The maximum atomic E-state index is 13.2. The molecule has 1 aliphatic rings. The summed E-state index contributed by atoms with van der Waals surface area (Å²) in [6, 6.07) is 11.0. The molecule has 0 bridgehead atoms. The van der Waals surface area contributed by atoms with Crippen LogP contribution in [0.5, 0.6) is 17.2 Å². The predicted molar refractivity (Wildman–Crippen MR) is 136 cm³/mol. The van der Waals surface area contributed by atoms with Crippen LogP contribution in [0, 0.1) is 0 Å². The Morgan fingerprint density at radius 3 is 2.55 bits per heavy atom. The molecule has 1 amide bonds. The van der Waals surface area contributed by atoms with Gasteiger partial charge >= 0.3 is 0 Å². The smallest absolute Gasteiger partial charge is 0.266 e. The third-order valence-electron chi connectivity index (χ3n) is 4.60. The lowest BCUT2D eigenvalue weighted by Gasteiger charge is -2.14. The molecule has 0 radical (unpaired) electrons. The van der Waals surface area contributed by atoms with Crippen molar-refractivity contribution in [1.82, 2.24) is 4.90 Å². The Labute approximate surface area is 206 Å². The fourth-order valence-corrected chi connectivity index (χ4v) is 4.59. The zero-order valence-corrected chi connectivity index (χ0v) is 21.1. The average Bonchev–Trinajstić information content (AvgIpc) is 3.10. The van der Waals surface area contributed by atoms with Gasteiger partial charge in [-0.1, -0.05) is 12.7 Å². The monoisotopic (exact) mass is 532 g/mol. The number of nitrogens with zero attached hydrogens (tertiary/aromatic N) is 2. The van der Waals surface area contributed by atoms with Crippen LogP contribution in [0.2, 0.25) is 0 Å². The fourth-order valence-electron chi connectivity index (χ4n) is 3.00. The van der Waals surface area contributed by atoms with Gasteiger partial charge in [-0.05, 0) is 75.7 Å². The van der Waals surface area contributed by atoms with E-state index in [9.17, 15) is 4.79 Å². The molecule has 1 aliphatic heterocycles. The third kappa shape index (κ3) is 6.19. The molecular weight excluding hydrogens is 508 g/mol. The first-order chi connectivity index (χ1) is 16.0. The molecule has 0 aliphatic carbocycles. The van der Waals surface area contributed by atoms with Crippen molar-refractivity contribution in [3.63, 3.8) is 0 Å². The zero-order chi connectivity index (χ0) is 23.8. The first-order valence-corrected chi connectivity index (χ1v) is 11.7. The Bertz CT molecular complexity index is 1070. The van der Waals surface area contributed by atoms with Crippen molar-refractivity contribution in [3.8, 4) is 17.2 Å². The van der Waals surface area contributed by atoms with Gasteiger partial charge in [0.05, 0.1) is 42.4 Å². The highest BCUT2D eigenvalue weighted by Gasteiger charge is 2.33. The number of thioether (sulfide) groups is 1. The molecule has 7 nitrogen and oxygen atoms in total. The summed E-state index contributed by atoms with van der Waals surface area (Å²) in [5.41, 5.74) is 1.51. The number of methoxy groups -OCH3 is 3. The van der Waals surface area contributed by atoms with Crippen molar-refractivity contribution >= 4 is 50.5 Å². The van der Waals surface area contributed by atoms with Gasteiger partial charge in [-0.25, -0.2) is 4.99 Å². The topological polar surface area (TPSA) is 69.6 Å². The number of benzene rings is 2. The molecule has 0 unspecified atom stereocenters. The minimum absolute atomic E-state index is 0.133. The van der Waals surface area contributed by atoms with Gasteiger partial charge in [-0.2, -0.15) is 0 Å². The van der Waals surface area contributed by atoms with E-state index in [2.05, 4.69) is 27.5 Å². The molecule has 1 heterocycles. The molecule has 0 N–H and O–H groups in total. The van der Waals surface area contributed by atoms with Gasteiger partial charge in [0.15, 0.2) is 16.7 Å². The van der Waals surface area contributed by atoms with Gasteiger partial charge in [0.25, 0.3) is 5.91 Å². The summed E-state index contributed by atoms with van der Waals surface area (Å²) in [4.78, 5) is 20.0. The van der Waals surface area contributed by atoms with Crippen LogP contribution >= 0.6 is 27.7 Å². The number of hydrogen-bond donors (Lipinski definition) is 0.